The Morgan fingerprint density at radius 3 is 2.72 bits per heavy atom. The van der Waals surface area contributed by atoms with Crippen molar-refractivity contribution in [2.24, 2.45) is 40.4 Å². The molecule has 6 rings (SSSR count). The fraction of sp³-hybridized carbons (Fsp3) is 0.793. The molecule has 2 heterocycles. The van der Waals surface area contributed by atoms with Crippen molar-refractivity contribution in [3.63, 3.8) is 0 Å². The smallest absolute Gasteiger partial charge is 0.199 e. The summed E-state index contributed by atoms with van der Waals surface area (Å²) in [6.45, 7) is 5.59. The first kappa shape index (κ1) is 24.5. The molecule has 196 valence electrons. The normalized spacial score (nSPS) is 42.1. The molecule has 0 bridgehead atoms. The fourth-order valence-corrected chi connectivity index (χ4v) is 9.71. The van der Waals surface area contributed by atoms with Crippen LogP contribution in [-0.4, -0.2) is 50.0 Å². The van der Waals surface area contributed by atoms with Crippen LogP contribution >= 0.6 is 0 Å². The van der Waals surface area contributed by atoms with Crippen molar-refractivity contribution in [2.45, 2.75) is 90.2 Å². The van der Waals surface area contributed by atoms with Crippen molar-refractivity contribution < 1.29 is 14.6 Å². The average molecular weight is 495 g/mol. The lowest BCUT2D eigenvalue weighted by atomic mass is 9.42. The van der Waals surface area contributed by atoms with Crippen LogP contribution in [0.5, 0.6) is 0 Å². The van der Waals surface area contributed by atoms with E-state index in [9.17, 15) is 9.90 Å². The van der Waals surface area contributed by atoms with E-state index in [1.165, 1.54) is 25.7 Å². The van der Waals surface area contributed by atoms with Gasteiger partial charge < -0.3 is 9.84 Å². The lowest BCUT2D eigenvalue weighted by Gasteiger charge is -2.63. The van der Waals surface area contributed by atoms with Crippen LogP contribution in [-0.2, 0) is 16.1 Å². The lowest BCUT2D eigenvalue weighted by molar-refractivity contribution is -0.163. The quantitative estimate of drug-likeness (QED) is 0.619. The summed E-state index contributed by atoms with van der Waals surface area (Å²) in [6.07, 6.45) is 16.2. The predicted molar refractivity (Wildman–Crippen MR) is 137 cm³/mol. The van der Waals surface area contributed by atoms with E-state index in [2.05, 4.69) is 22.0 Å². The molecule has 0 amide bonds. The summed E-state index contributed by atoms with van der Waals surface area (Å²) in [5.41, 5.74) is 1.19. The van der Waals surface area contributed by atoms with Crippen molar-refractivity contribution in [1.29, 1.82) is 0 Å². The van der Waals surface area contributed by atoms with Gasteiger partial charge in [0.25, 0.3) is 0 Å². The van der Waals surface area contributed by atoms with Gasteiger partial charge in [0.2, 0.25) is 0 Å². The molecule has 0 spiro atoms. The summed E-state index contributed by atoms with van der Waals surface area (Å²) < 4.78 is 7.37. The molecular formula is C29H42N4O3. The lowest BCUT2D eigenvalue weighted by Crippen LogP contribution is -2.57. The number of rotatable bonds is 6. The van der Waals surface area contributed by atoms with Crippen LogP contribution in [0.4, 0.5) is 0 Å². The maximum absolute atomic E-state index is 13.7. The van der Waals surface area contributed by atoms with Gasteiger partial charge in [0.1, 0.15) is 5.52 Å². The summed E-state index contributed by atoms with van der Waals surface area (Å²) in [6, 6.07) is 0. The number of aromatic nitrogens is 4. The molecule has 0 unspecified atom stereocenters. The number of nitrogens with zero attached hydrogens (tertiary/aromatic N) is 4. The van der Waals surface area contributed by atoms with Gasteiger partial charge in [-0.2, -0.15) is 5.10 Å². The van der Waals surface area contributed by atoms with Crippen LogP contribution in [0.25, 0.3) is 11.2 Å². The van der Waals surface area contributed by atoms with Gasteiger partial charge in [0, 0.05) is 32.0 Å². The van der Waals surface area contributed by atoms with Crippen molar-refractivity contribution >= 4 is 16.9 Å². The van der Waals surface area contributed by atoms with Crippen LogP contribution in [0, 0.1) is 40.4 Å². The standard InChI is InChI=1S/C29H42N4O3/c1-27(35)10-11-29(12-15-36-3)19(16-27)4-5-20-21-6-7-23(28(21,2)9-8-22(20)29)25(34)18-33-17-24-26(32-33)31-14-13-30-24/h13-14,17,19-23,35H,4-12,15-16,18H2,1-3H3/t19-,20-,21-,22-,23+,27+,28-,29+/m0/s1. The monoisotopic (exact) mass is 494 g/mol. The molecule has 4 aliphatic rings. The summed E-state index contributed by atoms with van der Waals surface area (Å²) >= 11 is 0. The molecule has 4 aliphatic carbocycles. The summed E-state index contributed by atoms with van der Waals surface area (Å²) in [7, 11) is 1.82. The second kappa shape index (κ2) is 8.87. The average Bonchev–Trinajstić information content (AvgIpc) is 3.42. The van der Waals surface area contributed by atoms with Gasteiger partial charge in [-0.1, -0.05) is 6.92 Å². The number of carbonyl (C=O) groups is 1. The summed E-state index contributed by atoms with van der Waals surface area (Å²) in [5.74, 6) is 3.03. The molecule has 0 saturated heterocycles. The van der Waals surface area contributed by atoms with Crippen LogP contribution in [0.1, 0.15) is 78.1 Å². The van der Waals surface area contributed by atoms with Gasteiger partial charge in [-0.05, 0) is 106 Å². The first-order valence-electron chi connectivity index (χ1n) is 14.1. The zero-order chi connectivity index (χ0) is 25.1. The molecule has 8 atom stereocenters. The number of Topliss-reactive ketones (excluding diaryl/α,β-unsaturated/α-hetero) is 1. The highest BCUT2D eigenvalue weighted by atomic mass is 16.5. The van der Waals surface area contributed by atoms with Crippen LogP contribution in [0.2, 0.25) is 0 Å². The Hall–Kier alpha value is -1.86. The van der Waals surface area contributed by atoms with Crippen molar-refractivity contribution in [2.75, 3.05) is 13.7 Å². The highest BCUT2D eigenvalue weighted by Crippen LogP contribution is 2.69. The number of hydrogen-bond acceptors (Lipinski definition) is 6. The van der Waals surface area contributed by atoms with Crippen LogP contribution < -0.4 is 0 Å². The second-order valence-corrected chi connectivity index (χ2v) is 13.1. The summed E-state index contributed by atoms with van der Waals surface area (Å²) in [5, 5.41) is 15.4. The van der Waals surface area contributed by atoms with Gasteiger partial charge in [-0.3, -0.25) is 9.48 Å². The molecule has 36 heavy (non-hydrogen) atoms. The third-order valence-electron chi connectivity index (χ3n) is 11.3. The van der Waals surface area contributed by atoms with E-state index in [1.807, 2.05) is 20.2 Å². The van der Waals surface area contributed by atoms with Gasteiger partial charge in [0.05, 0.1) is 18.3 Å². The minimum absolute atomic E-state index is 0.0801. The maximum Gasteiger partial charge on any atom is 0.199 e. The number of carbonyl (C=O) groups excluding carboxylic acids is 1. The third-order valence-corrected chi connectivity index (χ3v) is 11.3. The fourth-order valence-electron chi connectivity index (χ4n) is 9.71. The first-order valence-corrected chi connectivity index (χ1v) is 14.1. The Morgan fingerprint density at radius 1 is 1.08 bits per heavy atom. The Balaban J connectivity index is 1.22. The molecule has 4 fully saturated rings. The molecule has 0 radical (unpaired) electrons. The van der Waals surface area contributed by atoms with Gasteiger partial charge >= 0.3 is 0 Å². The van der Waals surface area contributed by atoms with Crippen molar-refractivity contribution in [3.8, 4) is 0 Å². The van der Waals surface area contributed by atoms with Gasteiger partial charge in [0.15, 0.2) is 11.4 Å². The first-order chi connectivity index (χ1) is 17.3. The van der Waals surface area contributed by atoms with Gasteiger partial charge in [-0.25, -0.2) is 9.97 Å². The number of fused-ring (bicyclic) bond motifs is 6. The molecule has 0 aliphatic heterocycles. The maximum atomic E-state index is 13.7. The van der Waals surface area contributed by atoms with E-state index < -0.39 is 5.60 Å². The number of aliphatic hydroxyl groups is 1. The third kappa shape index (κ3) is 3.84. The molecule has 2 aromatic rings. The topological polar surface area (TPSA) is 90.1 Å². The Morgan fingerprint density at radius 2 is 1.92 bits per heavy atom. The molecule has 7 heteroatoms. The highest BCUT2D eigenvalue weighted by Gasteiger charge is 2.62. The van der Waals surface area contributed by atoms with E-state index in [4.69, 9.17) is 4.74 Å². The molecule has 2 aromatic heterocycles. The molecule has 1 N–H and O–H groups in total. The van der Waals surface area contributed by atoms with Gasteiger partial charge in [-0.15, -0.1) is 0 Å². The molecule has 7 nitrogen and oxygen atoms in total. The largest absolute Gasteiger partial charge is 0.390 e. The van der Waals surface area contributed by atoms with E-state index in [-0.39, 0.29) is 11.3 Å². The number of ketones is 1. The SMILES string of the molecule is COCC[C@]12CC[C@@](C)(O)C[C@@H]1CC[C@H]1[C@@H]3CC[C@H](C(=O)Cn4cc5nccnc5n4)[C@@]3(C)CC[C@@H]12. The Labute approximate surface area is 214 Å². The van der Waals surface area contributed by atoms with E-state index in [1.54, 1.807) is 17.1 Å². The second-order valence-electron chi connectivity index (χ2n) is 13.1. The number of hydrogen-bond donors (Lipinski definition) is 1. The number of ether oxygens (including phenoxy) is 1. The molecule has 4 saturated carbocycles. The number of methoxy groups -OCH3 is 1. The molecular weight excluding hydrogens is 452 g/mol. The van der Waals surface area contributed by atoms with E-state index in [0.717, 1.165) is 50.6 Å². The van der Waals surface area contributed by atoms with E-state index >= 15 is 0 Å². The van der Waals surface area contributed by atoms with E-state index in [0.29, 0.717) is 47.1 Å². The minimum Gasteiger partial charge on any atom is -0.390 e. The zero-order valence-electron chi connectivity index (χ0n) is 22.2. The zero-order valence-corrected chi connectivity index (χ0v) is 22.2. The Kier molecular flexibility index (Phi) is 6.03. The predicted octanol–water partition coefficient (Wildman–Crippen LogP) is 4.82. The van der Waals surface area contributed by atoms with Crippen LogP contribution in [0.3, 0.4) is 0 Å². The van der Waals surface area contributed by atoms with Crippen molar-refractivity contribution in [3.05, 3.63) is 18.6 Å². The van der Waals surface area contributed by atoms with Crippen molar-refractivity contribution in [1.82, 2.24) is 19.7 Å². The molecule has 0 aromatic carbocycles. The highest BCUT2D eigenvalue weighted by molar-refractivity contribution is 5.82. The summed E-state index contributed by atoms with van der Waals surface area (Å²) in [4.78, 5) is 22.3. The Bertz CT molecular complexity index is 1100. The minimum atomic E-state index is -0.523. The van der Waals surface area contributed by atoms with Crippen LogP contribution in [0.15, 0.2) is 18.6 Å².